The standard InChI is InChI=1S/C26H21ClN2O6/c1-31-21-10-15(11-22(32-2)24(21)33-3)26(30)34-17-7-8-18-20(12-17)35-25(29)19(13-28)23(18)14-5-4-6-16(27)9-14/h4-12,23H,29H2,1-3H3. The van der Waals surface area contributed by atoms with Gasteiger partial charge in [-0.25, -0.2) is 4.79 Å². The van der Waals surface area contributed by atoms with E-state index in [1.165, 1.54) is 33.5 Å². The van der Waals surface area contributed by atoms with Crippen LogP contribution in [0.3, 0.4) is 0 Å². The topological polar surface area (TPSA) is 113 Å². The van der Waals surface area contributed by atoms with E-state index >= 15 is 0 Å². The number of nitriles is 1. The van der Waals surface area contributed by atoms with Crippen molar-refractivity contribution in [2.75, 3.05) is 21.3 Å². The second-order valence-corrected chi connectivity index (χ2v) is 7.92. The summed E-state index contributed by atoms with van der Waals surface area (Å²) in [6.07, 6.45) is 0. The molecule has 3 aromatic carbocycles. The number of hydrogen-bond acceptors (Lipinski definition) is 8. The first-order valence-corrected chi connectivity index (χ1v) is 10.8. The number of halogens is 1. The molecule has 1 heterocycles. The number of fused-ring (bicyclic) bond motifs is 1. The predicted octanol–water partition coefficient (Wildman–Crippen LogP) is 4.80. The Bertz CT molecular complexity index is 1350. The van der Waals surface area contributed by atoms with Gasteiger partial charge in [0.1, 0.15) is 23.1 Å². The highest BCUT2D eigenvalue weighted by molar-refractivity contribution is 6.30. The number of methoxy groups -OCH3 is 3. The number of nitrogens with two attached hydrogens (primary N) is 1. The third kappa shape index (κ3) is 4.54. The zero-order valence-electron chi connectivity index (χ0n) is 19.1. The normalized spacial score (nSPS) is 14.3. The summed E-state index contributed by atoms with van der Waals surface area (Å²) in [6, 6.07) is 17.2. The largest absolute Gasteiger partial charge is 0.493 e. The molecule has 2 N–H and O–H groups in total. The van der Waals surface area contributed by atoms with Gasteiger partial charge < -0.3 is 29.4 Å². The van der Waals surface area contributed by atoms with Crippen molar-refractivity contribution in [3.8, 4) is 34.8 Å². The summed E-state index contributed by atoms with van der Waals surface area (Å²) >= 11 is 6.18. The number of allylic oxidation sites excluding steroid dienone is 1. The summed E-state index contributed by atoms with van der Waals surface area (Å²) in [5, 5.41) is 10.2. The van der Waals surface area contributed by atoms with Crippen molar-refractivity contribution in [3.63, 3.8) is 0 Å². The summed E-state index contributed by atoms with van der Waals surface area (Å²) in [6.45, 7) is 0. The van der Waals surface area contributed by atoms with Crippen molar-refractivity contribution in [2.24, 2.45) is 5.73 Å². The summed E-state index contributed by atoms with van der Waals surface area (Å²) in [5.41, 5.74) is 7.99. The molecule has 3 aromatic rings. The lowest BCUT2D eigenvalue weighted by atomic mass is 9.83. The Morgan fingerprint density at radius 2 is 1.74 bits per heavy atom. The number of ether oxygens (including phenoxy) is 5. The van der Waals surface area contributed by atoms with Crippen molar-refractivity contribution in [2.45, 2.75) is 5.92 Å². The molecule has 178 valence electrons. The number of carbonyl (C=O) groups excluding carboxylic acids is 1. The molecule has 1 atom stereocenters. The molecule has 1 aliphatic heterocycles. The average molecular weight is 493 g/mol. The molecule has 0 saturated heterocycles. The molecule has 0 spiro atoms. The van der Waals surface area contributed by atoms with Crippen molar-refractivity contribution >= 4 is 17.6 Å². The zero-order chi connectivity index (χ0) is 25.1. The Morgan fingerprint density at radius 3 is 2.34 bits per heavy atom. The van der Waals surface area contributed by atoms with Gasteiger partial charge in [0, 0.05) is 16.7 Å². The molecule has 0 radical (unpaired) electrons. The van der Waals surface area contributed by atoms with Crippen molar-refractivity contribution < 1.29 is 28.5 Å². The van der Waals surface area contributed by atoms with E-state index in [2.05, 4.69) is 6.07 Å². The van der Waals surface area contributed by atoms with Crippen LogP contribution >= 0.6 is 11.6 Å². The van der Waals surface area contributed by atoms with Crippen molar-refractivity contribution in [1.82, 2.24) is 0 Å². The van der Waals surface area contributed by atoms with Crippen LogP contribution in [-0.2, 0) is 0 Å². The van der Waals surface area contributed by atoms with E-state index in [1.807, 2.05) is 6.07 Å². The summed E-state index contributed by atoms with van der Waals surface area (Å²) in [4.78, 5) is 12.9. The second-order valence-electron chi connectivity index (χ2n) is 7.48. The summed E-state index contributed by atoms with van der Waals surface area (Å²) in [5.74, 6) is 0.421. The summed E-state index contributed by atoms with van der Waals surface area (Å²) < 4.78 is 27.2. The van der Waals surface area contributed by atoms with Gasteiger partial charge in [0.05, 0.1) is 32.8 Å². The third-order valence-corrected chi connectivity index (χ3v) is 5.72. The number of rotatable bonds is 6. The molecule has 8 nitrogen and oxygen atoms in total. The first kappa shape index (κ1) is 23.8. The van der Waals surface area contributed by atoms with E-state index in [9.17, 15) is 10.1 Å². The van der Waals surface area contributed by atoms with Gasteiger partial charge in [0.25, 0.3) is 0 Å². The summed E-state index contributed by atoms with van der Waals surface area (Å²) in [7, 11) is 4.38. The van der Waals surface area contributed by atoms with Crippen molar-refractivity contribution in [1.29, 1.82) is 5.26 Å². The molecular weight excluding hydrogens is 472 g/mol. The first-order valence-electron chi connectivity index (χ1n) is 10.4. The maximum absolute atomic E-state index is 12.9. The van der Waals surface area contributed by atoms with E-state index in [-0.39, 0.29) is 22.8 Å². The quantitative estimate of drug-likeness (QED) is 0.385. The number of carbonyl (C=O) groups is 1. The minimum Gasteiger partial charge on any atom is -0.493 e. The van der Waals surface area contributed by atoms with Gasteiger partial charge in [-0.05, 0) is 35.9 Å². The third-order valence-electron chi connectivity index (χ3n) is 5.48. The molecule has 4 rings (SSSR count). The van der Waals surface area contributed by atoms with E-state index < -0.39 is 11.9 Å². The van der Waals surface area contributed by atoms with E-state index in [0.29, 0.717) is 33.6 Å². The molecule has 35 heavy (non-hydrogen) atoms. The Kier molecular flexibility index (Phi) is 6.71. The van der Waals surface area contributed by atoms with Crippen LogP contribution in [0.4, 0.5) is 0 Å². The number of benzene rings is 3. The molecule has 1 unspecified atom stereocenters. The minimum absolute atomic E-state index is 0.0296. The lowest BCUT2D eigenvalue weighted by molar-refractivity contribution is 0.0733. The highest BCUT2D eigenvalue weighted by atomic mass is 35.5. The Balaban J connectivity index is 1.68. The average Bonchev–Trinajstić information content (AvgIpc) is 2.86. The fourth-order valence-corrected chi connectivity index (χ4v) is 4.09. The van der Waals surface area contributed by atoms with Gasteiger partial charge in [-0.3, -0.25) is 0 Å². The van der Waals surface area contributed by atoms with Crippen LogP contribution in [-0.4, -0.2) is 27.3 Å². The number of hydrogen-bond donors (Lipinski definition) is 1. The van der Waals surface area contributed by atoms with Gasteiger partial charge >= 0.3 is 5.97 Å². The Hall–Kier alpha value is -4.35. The zero-order valence-corrected chi connectivity index (χ0v) is 19.9. The highest BCUT2D eigenvalue weighted by Crippen LogP contribution is 2.44. The second kappa shape index (κ2) is 9.87. The van der Waals surface area contributed by atoms with Crippen LogP contribution in [0.5, 0.6) is 28.7 Å². The van der Waals surface area contributed by atoms with Gasteiger partial charge in [0.2, 0.25) is 11.6 Å². The highest BCUT2D eigenvalue weighted by Gasteiger charge is 2.31. The molecule has 0 bridgehead atoms. The van der Waals surface area contributed by atoms with Crippen LogP contribution in [0.15, 0.2) is 66.1 Å². The van der Waals surface area contributed by atoms with Crippen LogP contribution < -0.4 is 29.4 Å². The molecule has 0 aromatic heterocycles. The number of nitrogens with zero attached hydrogens (tertiary/aromatic N) is 1. The fourth-order valence-electron chi connectivity index (χ4n) is 3.89. The molecule has 0 amide bonds. The molecule has 1 aliphatic rings. The van der Waals surface area contributed by atoms with Crippen LogP contribution in [0.2, 0.25) is 5.02 Å². The molecule has 0 fully saturated rings. The maximum Gasteiger partial charge on any atom is 0.343 e. The Morgan fingerprint density at radius 1 is 1.03 bits per heavy atom. The molecular formula is C26H21ClN2O6. The van der Waals surface area contributed by atoms with E-state index in [1.54, 1.807) is 36.4 Å². The minimum atomic E-state index is -0.646. The molecule has 0 aliphatic carbocycles. The van der Waals surface area contributed by atoms with Crippen LogP contribution in [0, 0.1) is 11.3 Å². The fraction of sp³-hybridized carbons (Fsp3) is 0.154. The lowest BCUT2D eigenvalue weighted by Gasteiger charge is -2.26. The van der Waals surface area contributed by atoms with Crippen LogP contribution in [0.25, 0.3) is 0 Å². The van der Waals surface area contributed by atoms with Gasteiger partial charge in [-0.2, -0.15) is 5.26 Å². The predicted molar refractivity (Wildman–Crippen MR) is 128 cm³/mol. The van der Waals surface area contributed by atoms with Gasteiger partial charge in [-0.15, -0.1) is 0 Å². The smallest absolute Gasteiger partial charge is 0.343 e. The Labute approximate surface area is 207 Å². The monoisotopic (exact) mass is 492 g/mol. The van der Waals surface area contributed by atoms with Gasteiger partial charge in [0.15, 0.2) is 11.5 Å². The van der Waals surface area contributed by atoms with E-state index in [0.717, 1.165) is 5.56 Å². The molecule has 0 saturated carbocycles. The lowest BCUT2D eigenvalue weighted by Crippen LogP contribution is -2.21. The van der Waals surface area contributed by atoms with Gasteiger partial charge in [-0.1, -0.05) is 29.8 Å². The van der Waals surface area contributed by atoms with Crippen molar-refractivity contribution in [3.05, 3.63) is 87.8 Å². The van der Waals surface area contributed by atoms with E-state index in [4.69, 9.17) is 41.0 Å². The maximum atomic E-state index is 12.9. The number of esters is 1. The van der Waals surface area contributed by atoms with Crippen LogP contribution in [0.1, 0.15) is 27.4 Å². The first-order chi connectivity index (χ1) is 16.9. The SMILES string of the molecule is COc1cc(C(=O)Oc2ccc3c(c2)OC(N)=C(C#N)C3c2cccc(Cl)c2)cc(OC)c1OC. The molecule has 9 heteroatoms.